The number of aryl methyl sites for hydroxylation is 1. The zero-order valence-electron chi connectivity index (χ0n) is 15.1. The maximum absolute atomic E-state index is 11.8. The summed E-state index contributed by atoms with van der Waals surface area (Å²) in [6.45, 7) is 8.01. The number of ether oxygens (including phenoxy) is 2. The zero-order chi connectivity index (χ0) is 17.7. The number of nitrogens with one attached hydrogen (secondary N) is 1. The van der Waals surface area contributed by atoms with Gasteiger partial charge in [0.15, 0.2) is 0 Å². The first-order valence-corrected chi connectivity index (χ1v) is 8.63. The van der Waals surface area contributed by atoms with E-state index in [0.717, 1.165) is 25.0 Å². The number of alkyl carbamates (subject to hydrolysis) is 1. The SMILES string of the molecule is C[C@H](CO)Oc1cccc2c1CC(CNC(=O)OC(C)(C)C)CC2. The molecule has 1 aliphatic rings. The van der Waals surface area contributed by atoms with Gasteiger partial charge in [-0.1, -0.05) is 12.1 Å². The lowest BCUT2D eigenvalue weighted by Gasteiger charge is -2.28. The van der Waals surface area contributed by atoms with Crippen molar-refractivity contribution in [2.75, 3.05) is 13.2 Å². The van der Waals surface area contributed by atoms with Crippen molar-refractivity contribution < 1.29 is 19.4 Å². The van der Waals surface area contributed by atoms with Crippen LogP contribution in [0.15, 0.2) is 18.2 Å². The summed E-state index contributed by atoms with van der Waals surface area (Å²) in [5, 5.41) is 12.1. The second kappa shape index (κ2) is 7.88. The molecule has 0 fully saturated rings. The molecule has 0 saturated heterocycles. The minimum Gasteiger partial charge on any atom is -0.488 e. The van der Waals surface area contributed by atoms with Crippen LogP contribution in [-0.4, -0.2) is 36.1 Å². The number of aliphatic hydroxyl groups excluding tert-OH is 1. The van der Waals surface area contributed by atoms with Crippen molar-refractivity contribution in [2.45, 2.75) is 58.7 Å². The molecule has 24 heavy (non-hydrogen) atoms. The molecule has 5 nitrogen and oxygen atoms in total. The van der Waals surface area contributed by atoms with Gasteiger partial charge in [-0.3, -0.25) is 0 Å². The number of benzene rings is 1. The lowest BCUT2D eigenvalue weighted by Crippen LogP contribution is -2.36. The minimum absolute atomic E-state index is 0.00665. The lowest BCUT2D eigenvalue weighted by atomic mass is 9.83. The van der Waals surface area contributed by atoms with E-state index in [-0.39, 0.29) is 18.8 Å². The van der Waals surface area contributed by atoms with Gasteiger partial charge in [-0.25, -0.2) is 4.79 Å². The number of rotatable bonds is 5. The maximum atomic E-state index is 11.8. The van der Waals surface area contributed by atoms with Crippen molar-refractivity contribution in [1.82, 2.24) is 5.32 Å². The fourth-order valence-corrected chi connectivity index (χ4v) is 2.91. The van der Waals surface area contributed by atoms with E-state index in [2.05, 4.69) is 11.4 Å². The Morgan fingerprint density at radius 2 is 2.17 bits per heavy atom. The molecule has 134 valence electrons. The summed E-state index contributed by atoms with van der Waals surface area (Å²) in [5.74, 6) is 1.20. The zero-order valence-corrected chi connectivity index (χ0v) is 15.1. The molecular formula is C19H29NO4. The predicted octanol–water partition coefficient (Wildman–Crippen LogP) is 3.08. The van der Waals surface area contributed by atoms with Gasteiger partial charge in [0.1, 0.15) is 17.5 Å². The number of hydrogen-bond acceptors (Lipinski definition) is 4. The van der Waals surface area contributed by atoms with Crippen LogP contribution in [-0.2, 0) is 17.6 Å². The monoisotopic (exact) mass is 335 g/mol. The van der Waals surface area contributed by atoms with Gasteiger partial charge in [0.05, 0.1) is 6.61 Å². The summed E-state index contributed by atoms with van der Waals surface area (Å²) in [5.41, 5.74) is 2.01. The highest BCUT2D eigenvalue weighted by Crippen LogP contribution is 2.32. The normalized spacial score (nSPS) is 18.5. The van der Waals surface area contributed by atoms with E-state index in [1.807, 2.05) is 39.8 Å². The Hall–Kier alpha value is -1.75. The van der Waals surface area contributed by atoms with Crippen LogP contribution < -0.4 is 10.1 Å². The molecule has 0 saturated carbocycles. The molecule has 0 aromatic heterocycles. The van der Waals surface area contributed by atoms with Crippen LogP contribution >= 0.6 is 0 Å². The first-order chi connectivity index (χ1) is 11.3. The van der Waals surface area contributed by atoms with Crippen LogP contribution in [0.4, 0.5) is 4.79 Å². The number of amides is 1. The Bertz CT molecular complexity index is 565. The van der Waals surface area contributed by atoms with E-state index in [0.29, 0.717) is 12.5 Å². The van der Waals surface area contributed by atoms with E-state index in [4.69, 9.17) is 9.47 Å². The molecule has 1 unspecified atom stereocenters. The van der Waals surface area contributed by atoms with E-state index >= 15 is 0 Å². The Morgan fingerprint density at radius 1 is 1.42 bits per heavy atom. The summed E-state index contributed by atoms with van der Waals surface area (Å²) >= 11 is 0. The summed E-state index contributed by atoms with van der Waals surface area (Å²) in [7, 11) is 0. The summed E-state index contributed by atoms with van der Waals surface area (Å²) in [6, 6.07) is 6.08. The van der Waals surface area contributed by atoms with Crippen LogP contribution in [0.2, 0.25) is 0 Å². The Labute approximate surface area is 144 Å². The average Bonchev–Trinajstić information content (AvgIpc) is 2.51. The van der Waals surface area contributed by atoms with Crippen LogP contribution in [0.5, 0.6) is 5.75 Å². The first-order valence-electron chi connectivity index (χ1n) is 8.63. The molecule has 0 aliphatic heterocycles. The molecule has 0 heterocycles. The van der Waals surface area contributed by atoms with Gasteiger partial charge in [-0.2, -0.15) is 0 Å². The standard InChI is InChI=1S/C19H29NO4/c1-13(12-21)23-17-7-5-6-15-9-8-14(10-16(15)17)11-20-18(22)24-19(2,3)4/h5-7,13-14,21H,8-12H2,1-4H3,(H,20,22)/t13-,14?/m1/s1. The Balaban J connectivity index is 1.96. The van der Waals surface area contributed by atoms with Crippen molar-refractivity contribution in [3.05, 3.63) is 29.3 Å². The Kier molecular flexibility index (Phi) is 6.10. The first kappa shape index (κ1) is 18.6. The fourth-order valence-electron chi connectivity index (χ4n) is 2.91. The van der Waals surface area contributed by atoms with E-state index < -0.39 is 5.60 Å². The van der Waals surface area contributed by atoms with Gasteiger partial charge >= 0.3 is 6.09 Å². The topological polar surface area (TPSA) is 67.8 Å². The molecule has 1 aromatic rings. The fraction of sp³-hybridized carbons (Fsp3) is 0.632. The third-order valence-electron chi connectivity index (χ3n) is 4.06. The molecule has 0 bridgehead atoms. The van der Waals surface area contributed by atoms with Crippen molar-refractivity contribution >= 4 is 6.09 Å². The van der Waals surface area contributed by atoms with Crippen LogP contribution in [0, 0.1) is 5.92 Å². The number of hydrogen-bond donors (Lipinski definition) is 2. The number of aliphatic hydroxyl groups is 1. The average molecular weight is 335 g/mol. The van der Waals surface area contributed by atoms with Crippen LogP contribution in [0.25, 0.3) is 0 Å². The molecule has 2 rings (SSSR count). The van der Waals surface area contributed by atoms with Crippen LogP contribution in [0.1, 0.15) is 45.2 Å². The molecule has 2 N–H and O–H groups in total. The second-order valence-corrected chi connectivity index (χ2v) is 7.50. The largest absolute Gasteiger partial charge is 0.488 e. The quantitative estimate of drug-likeness (QED) is 0.868. The summed E-state index contributed by atoms with van der Waals surface area (Å²) in [6.07, 6.45) is 2.27. The van der Waals surface area contributed by atoms with Gasteiger partial charge in [-0.15, -0.1) is 0 Å². The molecule has 5 heteroatoms. The smallest absolute Gasteiger partial charge is 0.407 e. The second-order valence-electron chi connectivity index (χ2n) is 7.50. The lowest BCUT2D eigenvalue weighted by molar-refractivity contribution is 0.0517. The third kappa shape index (κ3) is 5.41. The number of fused-ring (bicyclic) bond motifs is 1. The van der Waals surface area contributed by atoms with Gasteiger partial charge < -0.3 is 19.9 Å². The molecule has 2 atom stereocenters. The molecule has 0 spiro atoms. The van der Waals surface area contributed by atoms with Crippen molar-refractivity contribution in [1.29, 1.82) is 0 Å². The van der Waals surface area contributed by atoms with Crippen LogP contribution in [0.3, 0.4) is 0 Å². The van der Waals surface area contributed by atoms with Gasteiger partial charge in [0.2, 0.25) is 0 Å². The van der Waals surface area contributed by atoms with E-state index in [1.54, 1.807) is 0 Å². The number of carbonyl (C=O) groups is 1. The molecule has 1 aromatic carbocycles. The van der Waals surface area contributed by atoms with Crippen molar-refractivity contribution in [3.63, 3.8) is 0 Å². The highest BCUT2D eigenvalue weighted by atomic mass is 16.6. The van der Waals surface area contributed by atoms with Gasteiger partial charge in [-0.05, 0) is 70.1 Å². The summed E-state index contributed by atoms with van der Waals surface area (Å²) in [4.78, 5) is 11.8. The van der Waals surface area contributed by atoms with Crippen molar-refractivity contribution in [3.8, 4) is 5.75 Å². The molecular weight excluding hydrogens is 306 g/mol. The highest BCUT2D eigenvalue weighted by molar-refractivity contribution is 5.67. The molecule has 0 radical (unpaired) electrons. The molecule has 1 aliphatic carbocycles. The van der Waals surface area contributed by atoms with Gasteiger partial charge in [0.25, 0.3) is 0 Å². The maximum Gasteiger partial charge on any atom is 0.407 e. The van der Waals surface area contributed by atoms with Crippen molar-refractivity contribution in [2.24, 2.45) is 5.92 Å². The molecule has 1 amide bonds. The summed E-state index contributed by atoms with van der Waals surface area (Å²) < 4.78 is 11.1. The predicted molar refractivity (Wildman–Crippen MR) is 93.4 cm³/mol. The van der Waals surface area contributed by atoms with E-state index in [1.165, 1.54) is 11.1 Å². The third-order valence-corrected chi connectivity index (χ3v) is 4.06. The highest BCUT2D eigenvalue weighted by Gasteiger charge is 2.24. The minimum atomic E-state index is -0.481. The van der Waals surface area contributed by atoms with E-state index in [9.17, 15) is 9.90 Å². The Morgan fingerprint density at radius 3 is 2.83 bits per heavy atom. The number of carbonyl (C=O) groups excluding carboxylic acids is 1. The van der Waals surface area contributed by atoms with Gasteiger partial charge in [0, 0.05) is 6.54 Å².